The lowest BCUT2D eigenvalue weighted by molar-refractivity contribution is 0.0166. The van der Waals surface area contributed by atoms with Crippen LogP contribution in [0.2, 0.25) is 0 Å². The van der Waals surface area contributed by atoms with E-state index in [1.54, 1.807) is 24.3 Å². The van der Waals surface area contributed by atoms with E-state index in [0.29, 0.717) is 17.7 Å². The Kier molecular flexibility index (Phi) is 7.26. The van der Waals surface area contributed by atoms with Crippen molar-refractivity contribution in [2.24, 2.45) is 0 Å². The van der Waals surface area contributed by atoms with Crippen LogP contribution >= 0.6 is 0 Å². The number of Topliss-reactive ketones (excluding diaryl/α,β-unsaturated/α-hetero) is 1. The molecule has 0 amide bonds. The molecule has 2 atom stereocenters. The minimum absolute atomic E-state index is 0.301. The van der Waals surface area contributed by atoms with Gasteiger partial charge in [-0.15, -0.1) is 0 Å². The molecule has 0 bridgehead atoms. The average molecular weight is 280 g/mol. The fourth-order valence-corrected chi connectivity index (χ4v) is 2.12. The first-order chi connectivity index (χ1) is 9.61. The van der Waals surface area contributed by atoms with Crippen LogP contribution in [0.15, 0.2) is 24.3 Å². The van der Waals surface area contributed by atoms with Gasteiger partial charge in [-0.25, -0.2) is 0 Å². The van der Waals surface area contributed by atoms with Crippen molar-refractivity contribution in [3.63, 3.8) is 0 Å². The predicted octanol–water partition coefficient (Wildman–Crippen LogP) is 2.57. The first-order valence-corrected chi connectivity index (χ1v) is 7.15. The molecule has 0 spiro atoms. The van der Waals surface area contributed by atoms with E-state index in [1.807, 2.05) is 0 Å². The molecule has 0 aliphatic rings. The summed E-state index contributed by atoms with van der Waals surface area (Å²) in [5.41, 5.74) is 0.301. The van der Waals surface area contributed by atoms with Gasteiger partial charge in [-0.05, 0) is 18.6 Å². The van der Waals surface area contributed by atoms with E-state index in [9.17, 15) is 15.0 Å². The van der Waals surface area contributed by atoms with Crippen molar-refractivity contribution >= 4 is 5.78 Å². The first kappa shape index (κ1) is 16.7. The SMILES string of the molecule is CCCCCC[C@H](O)[C@@H](O)C(=O)c1ccccc1OC. The van der Waals surface area contributed by atoms with Gasteiger partial charge in [0, 0.05) is 0 Å². The molecule has 1 aromatic carbocycles. The molecule has 0 heterocycles. The van der Waals surface area contributed by atoms with E-state index in [1.165, 1.54) is 7.11 Å². The summed E-state index contributed by atoms with van der Waals surface area (Å²) in [7, 11) is 1.47. The maximum Gasteiger partial charge on any atom is 0.197 e. The predicted molar refractivity (Wildman–Crippen MR) is 78.1 cm³/mol. The summed E-state index contributed by atoms with van der Waals surface area (Å²) < 4.78 is 5.10. The molecule has 1 rings (SSSR count). The summed E-state index contributed by atoms with van der Waals surface area (Å²) in [6.45, 7) is 2.11. The number of aliphatic hydroxyl groups excluding tert-OH is 2. The van der Waals surface area contributed by atoms with Gasteiger partial charge in [-0.1, -0.05) is 44.7 Å². The van der Waals surface area contributed by atoms with Crippen molar-refractivity contribution in [2.75, 3.05) is 7.11 Å². The number of methoxy groups -OCH3 is 1. The molecule has 2 N–H and O–H groups in total. The zero-order chi connectivity index (χ0) is 15.0. The molecular formula is C16H24O4. The number of carbonyl (C=O) groups excluding carboxylic acids is 1. The van der Waals surface area contributed by atoms with Crippen LogP contribution in [0.3, 0.4) is 0 Å². The highest BCUT2D eigenvalue weighted by Crippen LogP contribution is 2.21. The number of para-hydroxylation sites is 1. The van der Waals surface area contributed by atoms with Gasteiger partial charge < -0.3 is 14.9 Å². The number of hydrogen-bond acceptors (Lipinski definition) is 4. The number of hydrogen-bond donors (Lipinski definition) is 2. The molecule has 1 aromatic rings. The Balaban J connectivity index is 2.61. The number of ether oxygens (including phenoxy) is 1. The van der Waals surface area contributed by atoms with Gasteiger partial charge >= 0.3 is 0 Å². The standard InChI is InChI=1S/C16H24O4/c1-3-4-5-6-10-13(17)16(19)15(18)12-9-7-8-11-14(12)20-2/h7-9,11,13,16-17,19H,3-6,10H2,1-2H3/t13-,16+/m0/s1. The van der Waals surface area contributed by atoms with Crippen LogP contribution in [0.5, 0.6) is 5.75 Å². The lowest BCUT2D eigenvalue weighted by Crippen LogP contribution is -2.34. The van der Waals surface area contributed by atoms with Gasteiger partial charge in [0.1, 0.15) is 11.9 Å². The summed E-state index contributed by atoms with van der Waals surface area (Å²) in [5, 5.41) is 19.9. The quantitative estimate of drug-likeness (QED) is 0.539. The Hall–Kier alpha value is -1.39. The van der Waals surface area contributed by atoms with Crippen molar-refractivity contribution in [1.82, 2.24) is 0 Å². The van der Waals surface area contributed by atoms with Crippen molar-refractivity contribution < 1.29 is 19.7 Å². The zero-order valence-corrected chi connectivity index (χ0v) is 12.2. The van der Waals surface area contributed by atoms with Gasteiger partial charge in [0.05, 0.1) is 18.8 Å². The zero-order valence-electron chi connectivity index (χ0n) is 12.2. The average Bonchev–Trinajstić information content (AvgIpc) is 2.49. The molecule has 0 aliphatic heterocycles. The Bertz CT molecular complexity index is 417. The maximum atomic E-state index is 12.2. The Morgan fingerprint density at radius 2 is 1.90 bits per heavy atom. The molecule has 0 radical (unpaired) electrons. The molecular weight excluding hydrogens is 256 g/mol. The van der Waals surface area contributed by atoms with Crippen LogP contribution in [0, 0.1) is 0 Å². The second-order valence-electron chi connectivity index (χ2n) is 4.93. The van der Waals surface area contributed by atoms with E-state index in [-0.39, 0.29) is 0 Å². The topological polar surface area (TPSA) is 66.8 Å². The monoisotopic (exact) mass is 280 g/mol. The lowest BCUT2D eigenvalue weighted by atomic mass is 9.98. The number of unbranched alkanes of at least 4 members (excludes halogenated alkanes) is 3. The highest BCUT2D eigenvalue weighted by atomic mass is 16.5. The van der Waals surface area contributed by atoms with Crippen molar-refractivity contribution in [3.8, 4) is 5.75 Å². The fourth-order valence-electron chi connectivity index (χ4n) is 2.12. The van der Waals surface area contributed by atoms with Crippen LogP contribution in [-0.4, -0.2) is 35.3 Å². The summed E-state index contributed by atoms with van der Waals surface area (Å²) >= 11 is 0. The molecule has 4 heteroatoms. The lowest BCUT2D eigenvalue weighted by Gasteiger charge is -2.17. The Morgan fingerprint density at radius 1 is 1.20 bits per heavy atom. The second-order valence-corrected chi connectivity index (χ2v) is 4.93. The highest BCUT2D eigenvalue weighted by Gasteiger charge is 2.26. The molecule has 0 saturated carbocycles. The third kappa shape index (κ3) is 4.62. The van der Waals surface area contributed by atoms with Crippen LogP contribution in [-0.2, 0) is 0 Å². The summed E-state index contributed by atoms with van der Waals surface area (Å²) in [6.07, 6.45) is 2.04. The van der Waals surface area contributed by atoms with Crippen molar-refractivity contribution in [1.29, 1.82) is 0 Å². The smallest absolute Gasteiger partial charge is 0.197 e. The van der Waals surface area contributed by atoms with Crippen LogP contribution in [0.4, 0.5) is 0 Å². The van der Waals surface area contributed by atoms with Crippen LogP contribution in [0.25, 0.3) is 0 Å². The first-order valence-electron chi connectivity index (χ1n) is 7.15. The normalized spacial score (nSPS) is 13.8. The van der Waals surface area contributed by atoms with Gasteiger partial charge in [-0.3, -0.25) is 4.79 Å². The fraction of sp³-hybridized carbons (Fsp3) is 0.562. The Labute approximate surface area is 120 Å². The number of benzene rings is 1. The summed E-state index contributed by atoms with van der Waals surface area (Å²) in [4.78, 5) is 12.2. The van der Waals surface area contributed by atoms with Gasteiger partial charge in [0.25, 0.3) is 0 Å². The maximum absolute atomic E-state index is 12.2. The number of ketones is 1. The third-order valence-electron chi connectivity index (χ3n) is 3.36. The molecule has 0 unspecified atom stereocenters. The van der Waals surface area contributed by atoms with Crippen LogP contribution < -0.4 is 4.74 Å². The van der Waals surface area contributed by atoms with Gasteiger partial charge in [0.15, 0.2) is 5.78 Å². The van der Waals surface area contributed by atoms with Gasteiger partial charge in [-0.2, -0.15) is 0 Å². The van der Waals surface area contributed by atoms with E-state index in [0.717, 1.165) is 25.7 Å². The van der Waals surface area contributed by atoms with Crippen LogP contribution in [0.1, 0.15) is 49.4 Å². The molecule has 0 aliphatic carbocycles. The van der Waals surface area contributed by atoms with Gasteiger partial charge in [0.2, 0.25) is 0 Å². The molecule has 0 aromatic heterocycles. The van der Waals surface area contributed by atoms with E-state index in [4.69, 9.17) is 4.74 Å². The van der Waals surface area contributed by atoms with E-state index in [2.05, 4.69) is 6.92 Å². The van der Waals surface area contributed by atoms with E-state index < -0.39 is 18.0 Å². The molecule has 20 heavy (non-hydrogen) atoms. The number of carbonyl (C=O) groups is 1. The summed E-state index contributed by atoms with van der Waals surface area (Å²) in [5.74, 6) is -0.0832. The van der Waals surface area contributed by atoms with E-state index >= 15 is 0 Å². The highest BCUT2D eigenvalue weighted by molar-refractivity contribution is 6.02. The minimum Gasteiger partial charge on any atom is -0.496 e. The van der Waals surface area contributed by atoms with Crippen molar-refractivity contribution in [2.45, 2.75) is 51.2 Å². The minimum atomic E-state index is -1.40. The second kappa shape index (κ2) is 8.72. The molecule has 4 nitrogen and oxygen atoms in total. The third-order valence-corrected chi connectivity index (χ3v) is 3.36. The summed E-state index contributed by atoms with van der Waals surface area (Å²) in [6, 6.07) is 6.71. The number of rotatable bonds is 9. The molecule has 0 saturated heterocycles. The van der Waals surface area contributed by atoms with Crippen molar-refractivity contribution in [3.05, 3.63) is 29.8 Å². The number of aliphatic hydroxyl groups is 2. The molecule has 0 fully saturated rings. The largest absolute Gasteiger partial charge is 0.496 e. The Morgan fingerprint density at radius 3 is 2.55 bits per heavy atom. The molecule has 112 valence electrons.